The molecule has 2 aromatic heterocycles. The van der Waals surface area contributed by atoms with Crippen LogP contribution in [0.25, 0.3) is 11.3 Å². The van der Waals surface area contributed by atoms with Gasteiger partial charge in [0, 0.05) is 37.7 Å². The van der Waals surface area contributed by atoms with Crippen LogP contribution in [0.2, 0.25) is 0 Å². The van der Waals surface area contributed by atoms with Gasteiger partial charge in [0.2, 0.25) is 0 Å². The number of rotatable bonds is 4. The van der Waals surface area contributed by atoms with Crippen molar-refractivity contribution in [3.05, 3.63) is 60.3 Å². The molecule has 140 valence electrons. The number of aromatic nitrogens is 4. The topological polar surface area (TPSA) is 76.0 Å². The number of hydrogen-bond donors (Lipinski definition) is 1. The highest BCUT2D eigenvalue weighted by molar-refractivity contribution is 5.93. The first kappa shape index (κ1) is 17.4. The fraction of sp³-hybridized carbons (Fsp3) is 0.316. The maximum atomic E-state index is 13.1. The number of benzene rings is 1. The Bertz CT molecular complexity index is 891. The Balaban J connectivity index is 1.47. The van der Waals surface area contributed by atoms with E-state index in [2.05, 4.69) is 15.3 Å². The molecule has 1 N–H and O–H groups in total. The summed E-state index contributed by atoms with van der Waals surface area (Å²) in [5.41, 5.74) is 1.77. The van der Waals surface area contributed by atoms with E-state index in [9.17, 15) is 9.18 Å². The standard InChI is InChI=1S/C19H20FN5O2/c20-15-5-3-14(4-6-15)17-11-18(23-22-17)19(26)24-8-2-10-27-16(12-24)13-25-9-1-7-21-25/h1,3-7,9,11,16H,2,8,10,12-13H2,(H,22,23). The van der Waals surface area contributed by atoms with Gasteiger partial charge in [0.15, 0.2) is 0 Å². The normalized spacial score (nSPS) is 17.7. The van der Waals surface area contributed by atoms with Crippen LogP contribution < -0.4 is 0 Å². The van der Waals surface area contributed by atoms with Gasteiger partial charge < -0.3 is 9.64 Å². The highest BCUT2D eigenvalue weighted by Crippen LogP contribution is 2.19. The average Bonchev–Trinajstić information content (AvgIpc) is 3.31. The van der Waals surface area contributed by atoms with Crippen LogP contribution >= 0.6 is 0 Å². The van der Waals surface area contributed by atoms with Crippen molar-refractivity contribution in [2.24, 2.45) is 0 Å². The van der Waals surface area contributed by atoms with Crippen LogP contribution in [0.4, 0.5) is 4.39 Å². The van der Waals surface area contributed by atoms with Gasteiger partial charge in [-0.3, -0.25) is 14.6 Å². The average molecular weight is 369 g/mol. The molecule has 1 saturated heterocycles. The van der Waals surface area contributed by atoms with Crippen LogP contribution in [-0.4, -0.2) is 56.6 Å². The van der Waals surface area contributed by atoms with E-state index in [0.29, 0.717) is 37.6 Å². The van der Waals surface area contributed by atoms with Gasteiger partial charge in [0.25, 0.3) is 5.91 Å². The lowest BCUT2D eigenvalue weighted by Crippen LogP contribution is -2.38. The number of carbonyl (C=O) groups excluding carboxylic acids is 1. The van der Waals surface area contributed by atoms with E-state index in [1.165, 1.54) is 12.1 Å². The van der Waals surface area contributed by atoms with Crippen LogP contribution in [0, 0.1) is 5.82 Å². The zero-order chi connectivity index (χ0) is 18.6. The summed E-state index contributed by atoms with van der Waals surface area (Å²) in [6, 6.07) is 9.58. The number of nitrogens with one attached hydrogen (secondary N) is 1. The van der Waals surface area contributed by atoms with Crippen LogP contribution in [0.15, 0.2) is 48.8 Å². The lowest BCUT2D eigenvalue weighted by molar-refractivity contribution is 0.0365. The first-order valence-electron chi connectivity index (χ1n) is 8.89. The summed E-state index contributed by atoms with van der Waals surface area (Å²) in [6.45, 7) is 2.32. The van der Waals surface area contributed by atoms with Crippen molar-refractivity contribution in [1.29, 1.82) is 0 Å². The first-order valence-corrected chi connectivity index (χ1v) is 8.89. The third kappa shape index (κ3) is 4.06. The summed E-state index contributed by atoms with van der Waals surface area (Å²) in [5.74, 6) is -0.426. The second kappa shape index (κ2) is 7.71. The van der Waals surface area contributed by atoms with Crippen molar-refractivity contribution in [3.8, 4) is 11.3 Å². The third-order valence-corrected chi connectivity index (χ3v) is 4.54. The fourth-order valence-electron chi connectivity index (χ4n) is 3.18. The zero-order valence-corrected chi connectivity index (χ0v) is 14.7. The molecule has 27 heavy (non-hydrogen) atoms. The molecule has 1 atom stereocenters. The lowest BCUT2D eigenvalue weighted by Gasteiger charge is -2.23. The van der Waals surface area contributed by atoms with Crippen molar-refractivity contribution in [2.75, 3.05) is 19.7 Å². The molecular formula is C19H20FN5O2. The molecule has 0 bridgehead atoms. The number of carbonyl (C=O) groups is 1. The molecule has 0 aliphatic carbocycles. The SMILES string of the molecule is O=C(c1cc(-c2ccc(F)cc2)n[nH]1)N1CCCOC(Cn2cccn2)C1. The maximum absolute atomic E-state index is 13.1. The second-order valence-electron chi connectivity index (χ2n) is 6.50. The van der Waals surface area contributed by atoms with E-state index < -0.39 is 0 Å². The smallest absolute Gasteiger partial charge is 0.271 e. The van der Waals surface area contributed by atoms with Gasteiger partial charge in [-0.1, -0.05) is 0 Å². The summed E-state index contributed by atoms with van der Waals surface area (Å²) >= 11 is 0. The maximum Gasteiger partial charge on any atom is 0.271 e. The van der Waals surface area contributed by atoms with Crippen molar-refractivity contribution < 1.29 is 13.9 Å². The van der Waals surface area contributed by atoms with E-state index >= 15 is 0 Å². The Kier molecular flexibility index (Phi) is 4.97. The number of halogens is 1. The Morgan fingerprint density at radius 1 is 1.33 bits per heavy atom. The number of amides is 1. The number of H-pyrrole nitrogens is 1. The van der Waals surface area contributed by atoms with E-state index in [0.717, 1.165) is 12.0 Å². The Hall–Kier alpha value is -3.00. The first-order chi connectivity index (χ1) is 13.2. The van der Waals surface area contributed by atoms with E-state index in [-0.39, 0.29) is 17.8 Å². The zero-order valence-electron chi connectivity index (χ0n) is 14.7. The van der Waals surface area contributed by atoms with Gasteiger partial charge in [-0.25, -0.2) is 4.39 Å². The van der Waals surface area contributed by atoms with E-state index in [1.54, 1.807) is 29.3 Å². The summed E-state index contributed by atoms with van der Waals surface area (Å²) < 4.78 is 20.8. The molecule has 1 amide bonds. The van der Waals surface area contributed by atoms with Gasteiger partial charge in [-0.2, -0.15) is 10.2 Å². The molecule has 0 radical (unpaired) electrons. The van der Waals surface area contributed by atoms with Crippen molar-refractivity contribution >= 4 is 5.91 Å². The van der Waals surface area contributed by atoms with Crippen LogP contribution in [0.3, 0.4) is 0 Å². The fourth-order valence-corrected chi connectivity index (χ4v) is 3.18. The Labute approximate surface area is 155 Å². The molecule has 7 nitrogen and oxygen atoms in total. The Morgan fingerprint density at radius 3 is 2.96 bits per heavy atom. The second-order valence-corrected chi connectivity index (χ2v) is 6.50. The number of nitrogens with zero attached hydrogens (tertiary/aromatic N) is 4. The highest BCUT2D eigenvalue weighted by Gasteiger charge is 2.25. The molecule has 3 heterocycles. The minimum atomic E-state index is -0.307. The van der Waals surface area contributed by atoms with Gasteiger partial charge in [0.05, 0.1) is 18.3 Å². The van der Waals surface area contributed by atoms with E-state index in [4.69, 9.17) is 4.74 Å². The van der Waals surface area contributed by atoms with Crippen molar-refractivity contribution in [1.82, 2.24) is 24.9 Å². The number of ether oxygens (including phenoxy) is 1. The summed E-state index contributed by atoms with van der Waals surface area (Å²) in [6.07, 6.45) is 4.27. The lowest BCUT2D eigenvalue weighted by atomic mass is 10.1. The quantitative estimate of drug-likeness (QED) is 0.766. The van der Waals surface area contributed by atoms with Gasteiger partial charge in [0.1, 0.15) is 11.5 Å². The predicted molar refractivity (Wildman–Crippen MR) is 96.5 cm³/mol. The van der Waals surface area contributed by atoms with Crippen LogP contribution in [0.5, 0.6) is 0 Å². The molecule has 0 saturated carbocycles. The predicted octanol–water partition coefficient (Wildman–Crippen LogP) is 2.34. The van der Waals surface area contributed by atoms with E-state index in [1.807, 2.05) is 16.9 Å². The summed E-state index contributed by atoms with van der Waals surface area (Å²) in [4.78, 5) is 14.7. The summed E-state index contributed by atoms with van der Waals surface area (Å²) in [5, 5.41) is 11.2. The number of aromatic amines is 1. The number of hydrogen-bond acceptors (Lipinski definition) is 4. The molecule has 1 aliphatic heterocycles. The molecule has 1 unspecified atom stereocenters. The monoisotopic (exact) mass is 369 g/mol. The van der Waals surface area contributed by atoms with Crippen molar-refractivity contribution in [2.45, 2.75) is 19.1 Å². The molecular weight excluding hydrogens is 349 g/mol. The minimum absolute atomic E-state index is 0.115. The third-order valence-electron chi connectivity index (χ3n) is 4.54. The van der Waals surface area contributed by atoms with Gasteiger partial charge >= 0.3 is 0 Å². The van der Waals surface area contributed by atoms with Gasteiger partial charge in [-0.15, -0.1) is 0 Å². The Morgan fingerprint density at radius 2 is 2.19 bits per heavy atom. The molecule has 1 aromatic carbocycles. The summed E-state index contributed by atoms with van der Waals surface area (Å²) in [7, 11) is 0. The molecule has 8 heteroatoms. The molecule has 0 spiro atoms. The molecule has 1 aliphatic rings. The van der Waals surface area contributed by atoms with Crippen LogP contribution in [-0.2, 0) is 11.3 Å². The van der Waals surface area contributed by atoms with Gasteiger partial charge in [-0.05, 0) is 42.8 Å². The largest absolute Gasteiger partial charge is 0.374 e. The molecule has 4 rings (SSSR count). The van der Waals surface area contributed by atoms with Crippen LogP contribution in [0.1, 0.15) is 16.9 Å². The highest BCUT2D eigenvalue weighted by atomic mass is 19.1. The molecule has 1 fully saturated rings. The molecule has 3 aromatic rings. The van der Waals surface area contributed by atoms with Crippen molar-refractivity contribution in [3.63, 3.8) is 0 Å². The minimum Gasteiger partial charge on any atom is -0.374 e.